The van der Waals surface area contributed by atoms with Crippen molar-refractivity contribution >= 4 is 20.0 Å². The number of piperidine rings is 1. The second kappa shape index (κ2) is 7.09. The van der Waals surface area contributed by atoms with Crippen molar-refractivity contribution in [1.29, 1.82) is 0 Å². The third-order valence-corrected chi connectivity index (χ3v) is 7.08. The Hall–Kier alpha value is -1.00. The predicted octanol–water partition coefficient (Wildman–Crippen LogP) is 0.877. The van der Waals surface area contributed by atoms with Gasteiger partial charge in [-0.2, -0.15) is 4.31 Å². The zero-order chi connectivity index (χ0) is 18.0. The molecule has 0 radical (unpaired) electrons. The Morgan fingerprint density at radius 1 is 1.08 bits per heavy atom. The highest BCUT2D eigenvalue weighted by molar-refractivity contribution is 7.90. The lowest BCUT2D eigenvalue weighted by Gasteiger charge is -2.26. The molecule has 9 heteroatoms. The Labute approximate surface area is 144 Å². The first kappa shape index (κ1) is 19.3. The number of benzene rings is 1. The lowest BCUT2D eigenvalue weighted by molar-refractivity contribution is 0.346. The normalized spacial score (nSPS) is 17.8. The summed E-state index contributed by atoms with van der Waals surface area (Å²) in [6.45, 7) is 4.40. The number of nitrogens with two attached hydrogens (primary N) is 1. The van der Waals surface area contributed by atoms with Crippen LogP contribution < -0.4 is 10.5 Å². The van der Waals surface area contributed by atoms with Crippen molar-refractivity contribution < 1.29 is 16.8 Å². The Bertz CT molecular complexity index is 777. The van der Waals surface area contributed by atoms with Crippen molar-refractivity contribution in [2.45, 2.75) is 48.4 Å². The molecule has 0 saturated carbocycles. The summed E-state index contributed by atoms with van der Waals surface area (Å²) in [5, 5.41) is 0. The number of sulfonamides is 2. The molecule has 0 aromatic heterocycles. The van der Waals surface area contributed by atoms with Crippen LogP contribution in [0, 0.1) is 0 Å². The zero-order valence-electron chi connectivity index (χ0n) is 14.0. The van der Waals surface area contributed by atoms with Crippen molar-refractivity contribution in [1.82, 2.24) is 9.03 Å². The standard InChI is InChI=1S/C15H25N3O4S2/c1-15(2,16)12-17-23(19,20)13-7-6-8-14(11-13)24(21,22)18-9-4-3-5-10-18/h6-8,11,17H,3-5,9-10,12,16H2,1-2H3. The van der Waals surface area contributed by atoms with E-state index < -0.39 is 25.6 Å². The van der Waals surface area contributed by atoms with Crippen LogP contribution in [0.25, 0.3) is 0 Å². The second-order valence-electron chi connectivity index (χ2n) is 6.75. The van der Waals surface area contributed by atoms with Crippen molar-refractivity contribution in [3.8, 4) is 0 Å². The van der Waals surface area contributed by atoms with Gasteiger partial charge in [-0.15, -0.1) is 0 Å². The molecule has 0 unspecified atom stereocenters. The van der Waals surface area contributed by atoms with Crippen LogP contribution in [0.2, 0.25) is 0 Å². The molecule has 1 fully saturated rings. The molecule has 1 aliphatic rings. The van der Waals surface area contributed by atoms with E-state index in [1.807, 2.05) is 0 Å². The van der Waals surface area contributed by atoms with Crippen LogP contribution >= 0.6 is 0 Å². The van der Waals surface area contributed by atoms with Gasteiger partial charge in [0.05, 0.1) is 9.79 Å². The maximum Gasteiger partial charge on any atom is 0.243 e. The van der Waals surface area contributed by atoms with E-state index in [0.717, 1.165) is 19.3 Å². The molecule has 0 spiro atoms. The maximum absolute atomic E-state index is 12.7. The topological polar surface area (TPSA) is 110 Å². The molecular weight excluding hydrogens is 350 g/mol. The van der Waals surface area contributed by atoms with E-state index in [1.54, 1.807) is 13.8 Å². The molecule has 2 rings (SSSR count). The van der Waals surface area contributed by atoms with Gasteiger partial charge in [0.25, 0.3) is 0 Å². The van der Waals surface area contributed by atoms with E-state index in [4.69, 9.17) is 5.73 Å². The number of rotatable bonds is 6. The Balaban J connectivity index is 2.28. The van der Waals surface area contributed by atoms with E-state index in [1.165, 1.54) is 28.6 Å². The van der Waals surface area contributed by atoms with Crippen molar-refractivity contribution in [3.05, 3.63) is 24.3 Å². The minimum Gasteiger partial charge on any atom is -0.324 e. The molecule has 0 amide bonds. The summed E-state index contributed by atoms with van der Waals surface area (Å²) in [7, 11) is -7.49. The quantitative estimate of drug-likeness (QED) is 0.767. The Morgan fingerprint density at radius 2 is 1.67 bits per heavy atom. The van der Waals surface area contributed by atoms with Gasteiger partial charge in [-0.25, -0.2) is 21.6 Å². The monoisotopic (exact) mass is 375 g/mol. The van der Waals surface area contributed by atoms with Crippen LogP contribution in [0.5, 0.6) is 0 Å². The van der Waals surface area contributed by atoms with E-state index in [2.05, 4.69) is 4.72 Å². The molecule has 1 aliphatic heterocycles. The van der Waals surface area contributed by atoms with Gasteiger partial charge in [0.2, 0.25) is 20.0 Å². The summed E-state index contributed by atoms with van der Waals surface area (Å²) in [5.74, 6) is 0. The summed E-state index contributed by atoms with van der Waals surface area (Å²) >= 11 is 0. The number of hydrogen-bond acceptors (Lipinski definition) is 5. The summed E-state index contributed by atoms with van der Waals surface area (Å²) in [6, 6.07) is 5.45. The highest BCUT2D eigenvalue weighted by Gasteiger charge is 2.27. The first-order valence-corrected chi connectivity index (χ1v) is 10.8. The van der Waals surface area contributed by atoms with Crippen molar-refractivity contribution in [3.63, 3.8) is 0 Å². The Morgan fingerprint density at radius 3 is 2.25 bits per heavy atom. The highest BCUT2D eigenvalue weighted by Crippen LogP contribution is 2.22. The molecule has 136 valence electrons. The lowest BCUT2D eigenvalue weighted by atomic mass is 10.1. The summed E-state index contributed by atoms with van der Waals surface area (Å²) in [4.78, 5) is -0.0795. The molecule has 1 heterocycles. The van der Waals surface area contributed by atoms with E-state index >= 15 is 0 Å². The molecule has 24 heavy (non-hydrogen) atoms. The third-order valence-electron chi connectivity index (χ3n) is 3.79. The number of nitrogens with one attached hydrogen (secondary N) is 1. The molecule has 0 aliphatic carbocycles. The van der Waals surface area contributed by atoms with E-state index in [-0.39, 0.29) is 16.3 Å². The van der Waals surface area contributed by atoms with Gasteiger partial charge in [-0.05, 0) is 44.9 Å². The highest BCUT2D eigenvalue weighted by atomic mass is 32.2. The van der Waals surface area contributed by atoms with Crippen molar-refractivity contribution in [2.75, 3.05) is 19.6 Å². The summed E-state index contributed by atoms with van der Waals surface area (Å²) in [6.07, 6.45) is 2.66. The smallest absolute Gasteiger partial charge is 0.243 e. The number of hydrogen-bond donors (Lipinski definition) is 2. The van der Waals surface area contributed by atoms with E-state index in [9.17, 15) is 16.8 Å². The van der Waals surface area contributed by atoms with Gasteiger partial charge < -0.3 is 5.73 Å². The van der Waals surface area contributed by atoms with Crippen molar-refractivity contribution in [2.24, 2.45) is 5.73 Å². The second-order valence-corrected chi connectivity index (χ2v) is 10.5. The number of nitrogens with zero attached hydrogens (tertiary/aromatic N) is 1. The molecule has 0 atom stereocenters. The van der Waals surface area contributed by atoms with Gasteiger partial charge >= 0.3 is 0 Å². The minimum absolute atomic E-state index is 0.000663. The first-order chi connectivity index (χ1) is 11.0. The first-order valence-electron chi connectivity index (χ1n) is 7.91. The predicted molar refractivity (Wildman–Crippen MR) is 92.5 cm³/mol. The fourth-order valence-corrected chi connectivity index (χ4v) is 5.33. The Kier molecular flexibility index (Phi) is 5.71. The summed E-state index contributed by atoms with van der Waals surface area (Å²) < 4.78 is 53.9. The van der Waals surface area contributed by atoms with Crippen LogP contribution in [0.4, 0.5) is 0 Å². The van der Waals surface area contributed by atoms with Gasteiger partial charge in [0.15, 0.2) is 0 Å². The molecule has 1 saturated heterocycles. The van der Waals surface area contributed by atoms with E-state index in [0.29, 0.717) is 13.1 Å². The molecule has 3 N–H and O–H groups in total. The minimum atomic E-state index is -3.82. The van der Waals surface area contributed by atoms with Gasteiger partial charge in [0, 0.05) is 25.2 Å². The fourth-order valence-electron chi connectivity index (χ4n) is 2.42. The largest absolute Gasteiger partial charge is 0.324 e. The van der Waals surface area contributed by atoms with Gasteiger partial charge in [0.1, 0.15) is 0 Å². The van der Waals surface area contributed by atoms with Crippen LogP contribution in [-0.2, 0) is 20.0 Å². The lowest BCUT2D eigenvalue weighted by Crippen LogP contribution is -2.45. The molecule has 7 nitrogen and oxygen atoms in total. The molecule has 1 aromatic rings. The van der Waals surface area contributed by atoms with Crippen LogP contribution in [0.15, 0.2) is 34.1 Å². The van der Waals surface area contributed by atoms with Gasteiger partial charge in [-0.3, -0.25) is 0 Å². The summed E-state index contributed by atoms with van der Waals surface area (Å²) in [5.41, 5.74) is 5.08. The SMILES string of the molecule is CC(C)(N)CNS(=O)(=O)c1cccc(S(=O)(=O)N2CCCCC2)c1. The average Bonchev–Trinajstić information content (AvgIpc) is 2.53. The van der Waals surface area contributed by atoms with Crippen LogP contribution in [0.1, 0.15) is 33.1 Å². The zero-order valence-corrected chi connectivity index (χ0v) is 15.7. The molecule has 1 aromatic carbocycles. The molecular formula is C15H25N3O4S2. The average molecular weight is 376 g/mol. The van der Waals surface area contributed by atoms with Crippen LogP contribution in [-0.4, -0.2) is 46.3 Å². The third kappa shape index (κ3) is 4.76. The van der Waals surface area contributed by atoms with Gasteiger partial charge in [-0.1, -0.05) is 12.5 Å². The van der Waals surface area contributed by atoms with Crippen LogP contribution in [0.3, 0.4) is 0 Å². The maximum atomic E-state index is 12.7. The fraction of sp³-hybridized carbons (Fsp3) is 0.600. The molecule has 0 bridgehead atoms.